The Morgan fingerprint density at radius 1 is 1.13 bits per heavy atom. The number of halogens is 2. The van der Waals surface area contributed by atoms with Crippen LogP contribution < -0.4 is 19.6 Å². The van der Waals surface area contributed by atoms with E-state index in [0.717, 1.165) is 21.2 Å². The van der Waals surface area contributed by atoms with Gasteiger partial charge < -0.3 is 9.47 Å². The quantitative estimate of drug-likeness (QED) is 0.268. The van der Waals surface area contributed by atoms with Crippen molar-refractivity contribution in [3.8, 4) is 5.75 Å². The molecule has 0 radical (unpaired) electrons. The van der Waals surface area contributed by atoms with Crippen LogP contribution in [0, 0.1) is 5.82 Å². The van der Waals surface area contributed by atoms with Gasteiger partial charge in [-0.25, -0.2) is 14.2 Å². The number of allylic oxidation sites excluding steroid dienone is 1. The van der Waals surface area contributed by atoms with Gasteiger partial charge in [0, 0.05) is 0 Å². The second kappa shape index (κ2) is 11.5. The first-order valence-electron chi connectivity index (χ1n) is 12.2. The van der Waals surface area contributed by atoms with Crippen molar-refractivity contribution in [2.45, 2.75) is 26.0 Å². The summed E-state index contributed by atoms with van der Waals surface area (Å²) in [5.41, 5.74) is 3.18. The summed E-state index contributed by atoms with van der Waals surface area (Å²) in [6.07, 6.45) is 2.32. The molecule has 0 amide bonds. The number of hydrogen-bond acceptors (Lipinski definition) is 6. The molecule has 0 N–H and O–H groups in total. The Labute approximate surface area is 236 Å². The van der Waals surface area contributed by atoms with Crippen molar-refractivity contribution in [1.29, 1.82) is 0 Å². The number of nitrogens with zero attached hydrogens (tertiary/aromatic N) is 2. The van der Waals surface area contributed by atoms with E-state index in [-0.39, 0.29) is 11.4 Å². The van der Waals surface area contributed by atoms with E-state index in [1.165, 1.54) is 30.6 Å². The normalized spacial score (nSPS) is 15.1. The van der Waals surface area contributed by atoms with Gasteiger partial charge in [0.2, 0.25) is 0 Å². The van der Waals surface area contributed by atoms with Crippen LogP contribution in [0.2, 0.25) is 0 Å². The van der Waals surface area contributed by atoms with Crippen molar-refractivity contribution >= 4 is 39.3 Å². The number of esters is 1. The SMILES string of the molecule is CCC1=C(C(=O)OC)[C@@H](c2ccccc2)n2c(s/c(=C\c3ccc(OCc4ccc(F)cc4)c(Br)c3)c2=O)=N1. The Morgan fingerprint density at radius 3 is 2.54 bits per heavy atom. The minimum atomic E-state index is -0.638. The van der Waals surface area contributed by atoms with Crippen LogP contribution in [0.4, 0.5) is 4.39 Å². The zero-order valence-corrected chi connectivity index (χ0v) is 23.6. The predicted molar refractivity (Wildman–Crippen MR) is 152 cm³/mol. The highest BCUT2D eigenvalue weighted by Crippen LogP contribution is 2.32. The molecule has 4 aromatic rings. The molecule has 1 aromatic heterocycles. The zero-order valence-electron chi connectivity index (χ0n) is 21.2. The summed E-state index contributed by atoms with van der Waals surface area (Å²) in [7, 11) is 1.33. The van der Waals surface area contributed by atoms with Gasteiger partial charge in [-0.2, -0.15) is 0 Å². The number of thiazole rings is 1. The van der Waals surface area contributed by atoms with Gasteiger partial charge in [-0.3, -0.25) is 9.36 Å². The molecule has 39 heavy (non-hydrogen) atoms. The molecular formula is C30H24BrFN2O4S. The van der Waals surface area contributed by atoms with Crippen molar-refractivity contribution in [1.82, 2.24) is 4.57 Å². The highest BCUT2D eigenvalue weighted by molar-refractivity contribution is 9.10. The van der Waals surface area contributed by atoms with E-state index in [0.29, 0.717) is 39.4 Å². The number of methoxy groups -OCH3 is 1. The number of hydrogen-bond donors (Lipinski definition) is 0. The van der Waals surface area contributed by atoms with Gasteiger partial charge in [-0.1, -0.05) is 66.8 Å². The lowest BCUT2D eigenvalue weighted by Gasteiger charge is -2.25. The van der Waals surface area contributed by atoms with Gasteiger partial charge in [0.1, 0.15) is 18.2 Å². The summed E-state index contributed by atoms with van der Waals surface area (Å²) in [6.45, 7) is 2.22. The van der Waals surface area contributed by atoms with Gasteiger partial charge in [-0.05, 0) is 69.4 Å². The fourth-order valence-electron chi connectivity index (χ4n) is 4.43. The second-order valence-corrected chi connectivity index (χ2v) is 10.7. The van der Waals surface area contributed by atoms with Crippen LogP contribution in [-0.2, 0) is 16.1 Å². The molecule has 0 fully saturated rings. The van der Waals surface area contributed by atoms with Gasteiger partial charge in [0.05, 0.1) is 33.4 Å². The molecule has 0 bridgehead atoms. The lowest BCUT2D eigenvalue weighted by molar-refractivity contribution is -0.136. The molecule has 1 aliphatic heterocycles. The third kappa shape index (κ3) is 5.51. The van der Waals surface area contributed by atoms with Crippen LogP contribution in [0.15, 0.2) is 98.3 Å². The topological polar surface area (TPSA) is 69.9 Å². The number of carbonyl (C=O) groups is 1. The van der Waals surface area contributed by atoms with Crippen LogP contribution in [0.1, 0.15) is 36.1 Å². The fourth-order valence-corrected chi connectivity index (χ4v) is 5.96. The van der Waals surface area contributed by atoms with Gasteiger partial charge >= 0.3 is 5.97 Å². The standard InChI is InChI=1S/C30H24BrFN2O4S/c1-3-23-26(29(36)37-2)27(20-7-5-4-6-8-20)34-28(35)25(39-30(34)33-23)16-19-11-14-24(22(31)15-19)38-17-18-9-12-21(32)13-10-18/h4-16,27H,3,17H2,1-2H3/b25-16-/t27-/m1/s1. The maximum absolute atomic E-state index is 13.7. The van der Waals surface area contributed by atoms with Crippen molar-refractivity contribution in [3.63, 3.8) is 0 Å². The number of benzene rings is 3. The molecule has 3 aromatic carbocycles. The lowest BCUT2D eigenvalue weighted by Crippen LogP contribution is -2.40. The minimum absolute atomic E-state index is 0.239. The number of carbonyl (C=O) groups excluding carboxylic acids is 1. The van der Waals surface area contributed by atoms with Crippen LogP contribution in [-0.4, -0.2) is 17.6 Å². The predicted octanol–water partition coefficient (Wildman–Crippen LogP) is 5.28. The van der Waals surface area contributed by atoms with Crippen molar-refractivity contribution in [2.24, 2.45) is 4.99 Å². The number of fused-ring (bicyclic) bond motifs is 1. The molecule has 5 rings (SSSR count). The third-order valence-corrected chi connectivity index (χ3v) is 7.93. The Kier molecular flexibility index (Phi) is 7.90. The monoisotopic (exact) mass is 606 g/mol. The molecule has 0 saturated carbocycles. The van der Waals surface area contributed by atoms with Crippen molar-refractivity contribution in [3.05, 3.63) is 131 Å². The molecule has 2 heterocycles. The molecular weight excluding hydrogens is 583 g/mol. The molecule has 0 spiro atoms. The lowest BCUT2D eigenvalue weighted by atomic mass is 9.95. The molecule has 1 aliphatic rings. The summed E-state index contributed by atoms with van der Waals surface area (Å²) in [5.74, 6) is -0.173. The molecule has 1 atom stereocenters. The summed E-state index contributed by atoms with van der Waals surface area (Å²) in [5, 5.41) is 0. The summed E-state index contributed by atoms with van der Waals surface area (Å²) in [6, 6.07) is 20.5. The Balaban J connectivity index is 1.53. The number of aromatic nitrogens is 1. The summed E-state index contributed by atoms with van der Waals surface area (Å²) < 4.78 is 26.9. The second-order valence-electron chi connectivity index (χ2n) is 8.80. The van der Waals surface area contributed by atoms with E-state index in [9.17, 15) is 14.0 Å². The van der Waals surface area contributed by atoms with Gasteiger partial charge in [0.15, 0.2) is 4.80 Å². The van der Waals surface area contributed by atoms with E-state index in [1.807, 2.05) is 55.5 Å². The average molecular weight is 608 g/mol. The fraction of sp³-hybridized carbons (Fsp3) is 0.167. The van der Waals surface area contributed by atoms with Crippen LogP contribution in [0.3, 0.4) is 0 Å². The van der Waals surface area contributed by atoms with E-state index in [4.69, 9.17) is 14.5 Å². The van der Waals surface area contributed by atoms with Crippen LogP contribution in [0.5, 0.6) is 5.75 Å². The van der Waals surface area contributed by atoms with E-state index < -0.39 is 12.0 Å². The largest absolute Gasteiger partial charge is 0.488 e. The maximum atomic E-state index is 13.7. The van der Waals surface area contributed by atoms with E-state index >= 15 is 0 Å². The Morgan fingerprint density at radius 2 is 1.87 bits per heavy atom. The van der Waals surface area contributed by atoms with Crippen molar-refractivity contribution < 1.29 is 18.7 Å². The minimum Gasteiger partial charge on any atom is -0.488 e. The van der Waals surface area contributed by atoms with Gasteiger partial charge in [0.25, 0.3) is 5.56 Å². The van der Waals surface area contributed by atoms with Crippen molar-refractivity contribution in [2.75, 3.05) is 7.11 Å². The number of rotatable bonds is 7. The highest BCUT2D eigenvalue weighted by Gasteiger charge is 2.33. The van der Waals surface area contributed by atoms with Gasteiger partial charge in [-0.15, -0.1) is 0 Å². The highest BCUT2D eigenvalue weighted by atomic mass is 79.9. The third-order valence-electron chi connectivity index (χ3n) is 6.33. The van der Waals surface area contributed by atoms with Crippen LogP contribution in [0.25, 0.3) is 6.08 Å². The first kappa shape index (κ1) is 26.8. The first-order chi connectivity index (χ1) is 18.9. The smallest absolute Gasteiger partial charge is 0.338 e. The zero-order chi connectivity index (χ0) is 27.5. The van der Waals surface area contributed by atoms with E-state index in [1.54, 1.807) is 22.8 Å². The Hall–Kier alpha value is -3.82. The Bertz CT molecular complexity index is 1740. The first-order valence-corrected chi connectivity index (χ1v) is 13.9. The maximum Gasteiger partial charge on any atom is 0.338 e. The number of ether oxygens (including phenoxy) is 2. The molecule has 0 aliphatic carbocycles. The summed E-state index contributed by atoms with van der Waals surface area (Å²) in [4.78, 5) is 31.8. The summed E-state index contributed by atoms with van der Waals surface area (Å²) >= 11 is 4.83. The van der Waals surface area contributed by atoms with E-state index in [2.05, 4.69) is 15.9 Å². The van der Waals surface area contributed by atoms with Crippen LogP contribution >= 0.6 is 27.3 Å². The molecule has 6 nitrogen and oxygen atoms in total. The molecule has 9 heteroatoms. The molecule has 0 saturated heterocycles. The average Bonchev–Trinajstić information content (AvgIpc) is 3.26. The molecule has 0 unspecified atom stereocenters. The molecule has 198 valence electrons.